The summed E-state index contributed by atoms with van der Waals surface area (Å²) in [6.45, 7) is 15.9. The molecule has 0 saturated heterocycles. The van der Waals surface area contributed by atoms with E-state index < -0.39 is 44.7 Å². The maximum Gasteiger partial charge on any atom is 0.408 e. The predicted octanol–water partition coefficient (Wildman–Crippen LogP) is 5.08. The zero-order valence-corrected chi connectivity index (χ0v) is 29.4. The molecule has 1 atom stereocenters. The van der Waals surface area contributed by atoms with Gasteiger partial charge in [-0.25, -0.2) is 17.9 Å². The van der Waals surface area contributed by atoms with Gasteiger partial charge in [-0.15, -0.1) is 0 Å². The van der Waals surface area contributed by atoms with Crippen molar-refractivity contribution in [2.24, 2.45) is 0 Å². The van der Waals surface area contributed by atoms with Gasteiger partial charge in [0.15, 0.2) is 0 Å². The quantitative estimate of drug-likeness (QED) is 0.293. The van der Waals surface area contributed by atoms with Crippen LogP contribution in [0.1, 0.15) is 84.9 Å². The van der Waals surface area contributed by atoms with Gasteiger partial charge in [-0.05, 0) is 98.3 Å². The fourth-order valence-electron chi connectivity index (χ4n) is 5.32. The van der Waals surface area contributed by atoms with E-state index in [4.69, 9.17) is 4.74 Å². The van der Waals surface area contributed by atoms with Crippen molar-refractivity contribution in [3.8, 4) is 0 Å². The van der Waals surface area contributed by atoms with E-state index in [2.05, 4.69) is 15.4 Å². The summed E-state index contributed by atoms with van der Waals surface area (Å²) >= 11 is 0. The van der Waals surface area contributed by atoms with Gasteiger partial charge in [0, 0.05) is 13.1 Å². The molecule has 3 amide bonds. The van der Waals surface area contributed by atoms with Crippen molar-refractivity contribution in [2.45, 2.75) is 104 Å². The van der Waals surface area contributed by atoms with Crippen molar-refractivity contribution in [1.29, 1.82) is 0 Å². The Morgan fingerprint density at radius 1 is 0.978 bits per heavy atom. The largest absolute Gasteiger partial charge is 0.444 e. The summed E-state index contributed by atoms with van der Waals surface area (Å²) in [5.41, 5.74) is 0.129. The third-order valence-corrected chi connectivity index (χ3v) is 9.63. The summed E-state index contributed by atoms with van der Waals surface area (Å²) < 4.78 is 34.9. The molecule has 1 aliphatic rings. The zero-order valence-electron chi connectivity index (χ0n) is 28.6. The summed E-state index contributed by atoms with van der Waals surface area (Å²) in [6.07, 6.45) is 0.895. The number of alkyl carbamates (subject to hydrolysis) is 1. The van der Waals surface area contributed by atoms with Crippen LogP contribution in [0.5, 0.6) is 0 Å². The Hall–Kier alpha value is -3.70. The molecule has 1 aliphatic heterocycles. The highest BCUT2D eigenvalue weighted by Crippen LogP contribution is 2.38. The Balaban J connectivity index is 1.92. The smallest absolute Gasteiger partial charge is 0.408 e. The molecule has 0 radical (unpaired) electrons. The van der Waals surface area contributed by atoms with Gasteiger partial charge in [-0.1, -0.05) is 60.2 Å². The number of hydrogen-bond acceptors (Lipinski definition) is 6. The van der Waals surface area contributed by atoms with Crippen molar-refractivity contribution in [2.75, 3.05) is 13.1 Å². The van der Waals surface area contributed by atoms with Crippen LogP contribution in [0.25, 0.3) is 4.91 Å². The molecule has 0 fully saturated rings. The minimum atomic E-state index is -3.85. The maximum absolute atomic E-state index is 14.2. The van der Waals surface area contributed by atoms with Crippen molar-refractivity contribution in [1.82, 2.24) is 20.3 Å². The van der Waals surface area contributed by atoms with Gasteiger partial charge in [0.2, 0.25) is 21.8 Å². The fourth-order valence-corrected chi connectivity index (χ4v) is 7.31. The lowest BCUT2D eigenvalue weighted by molar-refractivity contribution is -0.137. The van der Waals surface area contributed by atoms with E-state index in [1.54, 1.807) is 65.5 Å². The van der Waals surface area contributed by atoms with Crippen LogP contribution in [-0.2, 0) is 30.8 Å². The summed E-state index contributed by atoms with van der Waals surface area (Å²) in [7, 11) is -3.85. The molecule has 0 bridgehead atoms. The number of sulfonamides is 1. The van der Waals surface area contributed by atoms with Gasteiger partial charge >= 0.3 is 6.09 Å². The Kier molecular flexibility index (Phi) is 11.5. The number of nitrogens with zero attached hydrogens (tertiary/aromatic N) is 1. The molecule has 10 nitrogen and oxygen atoms in total. The number of carbonyl (C=O) groups is 3. The van der Waals surface area contributed by atoms with E-state index in [1.165, 1.54) is 0 Å². The van der Waals surface area contributed by atoms with Gasteiger partial charge in [0.1, 0.15) is 17.2 Å². The van der Waals surface area contributed by atoms with E-state index in [0.717, 1.165) is 11.1 Å². The van der Waals surface area contributed by atoms with Crippen LogP contribution in [0.2, 0.25) is 0 Å². The third-order valence-electron chi connectivity index (χ3n) is 7.83. The molecule has 0 saturated carbocycles. The lowest BCUT2D eigenvalue weighted by Crippen LogP contribution is -2.60. The molecule has 1 heterocycles. The molecule has 252 valence electrons. The highest BCUT2D eigenvalue weighted by Gasteiger charge is 2.44. The summed E-state index contributed by atoms with van der Waals surface area (Å²) in [5.74, 6) is -0.884. The average molecular weight is 655 g/mol. The monoisotopic (exact) mass is 654 g/mol. The third kappa shape index (κ3) is 9.65. The number of amides is 3. The van der Waals surface area contributed by atoms with Gasteiger partial charge in [0.25, 0.3) is 0 Å². The van der Waals surface area contributed by atoms with Crippen LogP contribution < -0.4 is 15.4 Å². The SMILES string of the molecule is CCN(CC1=C(c2ccc(C)cc2)S(=O)(=O)NC1(C)C)C(=O)[C@@H](CCCc1ccccc1)NC(=O)C(C)(C)NC(=O)OC(C)(C)C. The van der Waals surface area contributed by atoms with E-state index in [-0.39, 0.29) is 23.9 Å². The standard InChI is InChI=1S/C35H50N4O6S/c1-10-39(23-27-29(26-21-19-24(2)20-22-26)46(43,44)38-34(27,6)7)30(40)28(18-14-17-25-15-12-11-13-16-25)36-31(41)35(8,9)37-32(42)45-33(3,4)5/h11-13,15-16,19-22,28,38H,10,14,17-18,23H2,1-9H3,(H,36,41)(H,37,42)/t28-/m1/s1. The first-order chi connectivity index (χ1) is 21.3. The average Bonchev–Trinajstić information content (AvgIpc) is 3.12. The number of hydrogen-bond donors (Lipinski definition) is 3. The Bertz CT molecular complexity index is 1540. The molecule has 0 aromatic heterocycles. The van der Waals surface area contributed by atoms with E-state index in [9.17, 15) is 22.8 Å². The van der Waals surface area contributed by atoms with Crippen molar-refractivity contribution in [3.05, 3.63) is 76.9 Å². The zero-order chi connectivity index (χ0) is 34.5. The molecule has 0 spiro atoms. The number of rotatable bonds is 12. The first-order valence-electron chi connectivity index (χ1n) is 15.8. The van der Waals surface area contributed by atoms with E-state index >= 15 is 0 Å². The first-order valence-corrected chi connectivity index (χ1v) is 17.2. The lowest BCUT2D eigenvalue weighted by atomic mass is 9.92. The Morgan fingerprint density at radius 3 is 2.15 bits per heavy atom. The van der Waals surface area contributed by atoms with Crippen LogP contribution >= 0.6 is 0 Å². The summed E-state index contributed by atoms with van der Waals surface area (Å²) in [5, 5.41) is 5.49. The molecule has 0 unspecified atom stereocenters. The van der Waals surface area contributed by atoms with Crippen LogP contribution in [0.4, 0.5) is 4.79 Å². The molecular weight excluding hydrogens is 604 g/mol. The maximum atomic E-state index is 14.2. The van der Waals surface area contributed by atoms with E-state index in [1.807, 2.05) is 56.3 Å². The topological polar surface area (TPSA) is 134 Å². The molecule has 11 heteroatoms. The highest BCUT2D eigenvalue weighted by atomic mass is 32.2. The number of aryl methyl sites for hydroxylation is 2. The van der Waals surface area contributed by atoms with Crippen LogP contribution in [0.15, 0.2) is 60.2 Å². The fraction of sp³-hybridized carbons (Fsp3) is 0.514. The number of benzene rings is 2. The van der Waals surface area contributed by atoms with Crippen molar-refractivity contribution < 1.29 is 27.5 Å². The van der Waals surface area contributed by atoms with Gasteiger partial charge in [0.05, 0.1) is 10.4 Å². The molecule has 46 heavy (non-hydrogen) atoms. The van der Waals surface area contributed by atoms with Crippen LogP contribution in [0.3, 0.4) is 0 Å². The number of nitrogens with one attached hydrogen (secondary N) is 3. The van der Waals surface area contributed by atoms with Crippen molar-refractivity contribution >= 4 is 32.8 Å². The summed E-state index contributed by atoms with van der Waals surface area (Å²) in [6, 6.07) is 16.2. The van der Waals surface area contributed by atoms with Crippen molar-refractivity contribution in [3.63, 3.8) is 0 Å². The predicted molar refractivity (Wildman–Crippen MR) is 181 cm³/mol. The number of likely N-dealkylation sites (N-methyl/N-ethyl adjacent to an activating group) is 1. The second-order valence-electron chi connectivity index (χ2n) is 13.9. The van der Waals surface area contributed by atoms with Gasteiger partial charge in [-0.3, -0.25) is 9.59 Å². The van der Waals surface area contributed by atoms with E-state index in [0.29, 0.717) is 30.4 Å². The minimum Gasteiger partial charge on any atom is -0.444 e. The summed E-state index contributed by atoms with van der Waals surface area (Å²) in [4.78, 5) is 42.1. The molecule has 0 aliphatic carbocycles. The molecule has 3 N–H and O–H groups in total. The Labute approximate surface area is 274 Å². The molecule has 3 rings (SSSR count). The van der Waals surface area contributed by atoms with Gasteiger partial charge < -0.3 is 20.3 Å². The Morgan fingerprint density at radius 2 is 1.59 bits per heavy atom. The normalized spacial score (nSPS) is 16.5. The first kappa shape index (κ1) is 36.8. The lowest BCUT2D eigenvalue weighted by Gasteiger charge is -2.33. The molecular formula is C35H50N4O6S. The second-order valence-corrected chi connectivity index (χ2v) is 15.5. The van der Waals surface area contributed by atoms with Crippen LogP contribution in [0, 0.1) is 6.92 Å². The van der Waals surface area contributed by atoms with Gasteiger partial charge in [-0.2, -0.15) is 0 Å². The highest BCUT2D eigenvalue weighted by molar-refractivity contribution is 7.99. The van der Waals surface area contributed by atoms with Crippen LogP contribution in [-0.4, -0.2) is 67.0 Å². The molecule has 2 aromatic rings. The number of carbonyl (C=O) groups excluding carboxylic acids is 3. The minimum absolute atomic E-state index is 0.0440. The molecule has 2 aromatic carbocycles. The number of ether oxygens (including phenoxy) is 1. The second kappa shape index (κ2) is 14.4.